The first-order valence-corrected chi connectivity index (χ1v) is 6.19. The summed E-state index contributed by atoms with van der Waals surface area (Å²) in [4.78, 5) is 11.7. The largest absolute Gasteiger partial charge is 0.461 e. The molecule has 0 aromatic heterocycles. The molecule has 0 fully saturated rings. The topological polar surface area (TPSA) is 26.3 Å². The fourth-order valence-electron chi connectivity index (χ4n) is 1.79. The molecular weight excluding hydrogens is 236 g/mol. The molecule has 0 saturated heterocycles. The SMILES string of the molecule is C=Cc1cccc(COC(=O)Cc2ccccc2)c1. The minimum absolute atomic E-state index is 0.213. The minimum atomic E-state index is -0.213. The third-order valence-corrected chi connectivity index (χ3v) is 2.78. The van der Waals surface area contributed by atoms with Crippen molar-refractivity contribution in [3.05, 3.63) is 77.9 Å². The van der Waals surface area contributed by atoms with Crippen LogP contribution < -0.4 is 0 Å². The van der Waals surface area contributed by atoms with E-state index < -0.39 is 0 Å². The highest BCUT2D eigenvalue weighted by Crippen LogP contribution is 2.08. The monoisotopic (exact) mass is 252 g/mol. The van der Waals surface area contributed by atoms with Gasteiger partial charge in [-0.2, -0.15) is 0 Å². The van der Waals surface area contributed by atoms with E-state index in [1.54, 1.807) is 6.08 Å². The lowest BCUT2D eigenvalue weighted by molar-refractivity contribution is -0.144. The summed E-state index contributed by atoms with van der Waals surface area (Å²) in [6.45, 7) is 4.01. The van der Waals surface area contributed by atoms with Gasteiger partial charge < -0.3 is 4.74 Å². The molecule has 0 unspecified atom stereocenters. The van der Waals surface area contributed by atoms with Crippen molar-refractivity contribution in [2.75, 3.05) is 0 Å². The van der Waals surface area contributed by atoms with Gasteiger partial charge in [-0.15, -0.1) is 0 Å². The van der Waals surface area contributed by atoms with Gasteiger partial charge in [-0.1, -0.05) is 61.2 Å². The van der Waals surface area contributed by atoms with Crippen LogP contribution in [0.15, 0.2) is 61.2 Å². The summed E-state index contributed by atoms with van der Waals surface area (Å²) in [6.07, 6.45) is 2.08. The van der Waals surface area contributed by atoms with Crippen molar-refractivity contribution in [1.82, 2.24) is 0 Å². The highest BCUT2D eigenvalue weighted by Gasteiger charge is 2.04. The molecule has 0 atom stereocenters. The number of rotatable bonds is 5. The van der Waals surface area contributed by atoms with Crippen LogP contribution in [-0.2, 0) is 22.6 Å². The van der Waals surface area contributed by atoms with Crippen molar-refractivity contribution in [2.45, 2.75) is 13.0 Å². The quantitative estimate of drug-likeness (QED) is 0.760. The molecule has 0 N–H and O–H groups in total. The molecule has 0 aliphatic rings. The number of benzene rings is 2. The Kier molecular flexibility index (Phi) is 4.51. The van der Waals surface area contributed by atoms with Crippen molar-refractivity contribution in [1.29, 1.82) is 0 Å². The molecule has 96 valence electrons. The van der Waals surface area contributed by atoms with Gasteiger partial charge in [0.15, 0.2) is 0 Å². The van der Waals surface area contributed by atoms with E-state index in [4.69, 9.17) is 4.74 Å². The van der Waals surface area contributed by atoms with Gasteiger partial charge in [0, 0.05) is 0 Å². The third-order valence-electron chi connectivity index (χ3n) is 2.78. The number of hydrogen-bond acceptors (Lipinski definition) is 2. The number of carbonyl (C=O) groups excluding carboxylic acids is 1. The van der Waals surface area contributed by atoms with Gasteiger partial charge in [-0.05, 0) is 22.8 Å². The van der Waals surface area contributed by atoms with Gasteiger partial charge in [0.1, 0.15) is 6.61 Å². The molecule has 2 aromatic carbocycles. The van der Waals surface area contributed by atoms with Crippen molar-refractivity contribution in [3.63, 3.8) is 0 Å². The molecule has 0 heterocycles. The Hall–Kier alpha value is -2.35. The van der Waals surface area contributed by atoms with Gasteiger partial charge in [-0.3, -0.25) is 4.79 Å². The van der Waals surface area contributed by atoms with Crippen LogP contribution >= 0.6 is 0 Å². The summed E-state index contributed by atoms with van der Waals surface area (Å²) in [5.74, 6) is -0.213. The van der Waals surface area contributed by atoms with Crippen LogP contribution in [0.3, 0.4) is 0 Å². The van der Waals surface area contributed by atoms with Gasteiger partial charge >= 0.3 is 5.97 Å². The zero-order valence-corrected chi connectivity index (χ0v) is 10.7. The zero-order valence-electron chi connectivity index (χ0n) is 10.7. The van der Waals surface area contributed by atoms with Crippen LogP contribution in [0.5, 0.6) is 0 Å². The molecule has 0 bridgehead atoms. The number of hydrogen-bond donors (Lipinski definition) is 0. The second-order valence-corrected chi connectivity index (χ2v) is 4.27. The van der Waals surface area contributed by atoms with Crippen LogP contribution in [-0.4, -0.2) is 5.97 Å². The molecule has 19 heavy (non-hydrogen) atoms. The average molecular weight is 252 g/mol. The Morgan fingerprint density at radius 1 is 1.05 bits per heavy atom. The van der Waals surface area contributed by atoms with Crippen molar-refractivity contribution in [2.24, 2.45) is 0 Å². The molecule has 0 aliphatic heterocycles. The molecule has 0 aliphatic carbocycles. The second-order valence-electron chi connectivity index (χ2n) is 4.27. The summed E-state index contributed by atoms with van der Waals surface area (Å²) >= 11 is 0. The second kappa shape index (κ2) is 6.55. The lowest BCUT2D eigenvalue weighted by atomic mass is 10.1. The van der Waals surface area contributed by atoms with E-state index in [0.717, 1.165) is 16.7 Å². The fourth-order valence-corrected chi connectivity index (χ4v) is 1.79. The van der Waals surface area contributed by atoms with Crippen LogP contribution in [0.25, 0.3) is 6.08 Å². The summed E-state index contributed by atoms with van der Waals surface area (Å²) in [6, 6.07) is 17.4. The maximum Gasteiger partial charge on any atom is 0.310 e. The molecule has 2 aromatic rings. The molecule has 0 radical (unpaired) electrons. The molecular formula is C17H16O2. The number of ether oxygens (including phenoxy) is 1. The number of carbonyl (C=O) groups is 1. The van der Waals surface area contributed by atoms with Crippen molar-refractivity contribution in [3.8, 4) is 0 Å². The summed E-state index contributed by atoms with van der Waals surface area (Å²) in [7, 11) is 0. The molecule has 2 rings (SSSR count). The molecule has 0 amide bonds. The standard InChI is InChI=1S/C17H16O2/c1-2-14-9-6-10-16(11-14)13-19-17(18)12-15-7-4-3-5-8-15/h2-11H,1,12-13H2. The first-order valence-electron chi connectivity index (χ1n) is 6.19. The van der Waals surface area contributed by atoms with Gasteiger partial charge in [0.2, 0.25) is 0 Å². The molecule has 0 saturated carbocycles. The first-order chi connectivity index (χ1) is 9.28. The Bertz CT molecular complexity index is 558. The van der Waals surface area contributed by atoms with E-state index in [0.29, 0.717) is 13.0 Å². The third kappa shape index (κ3) is 4.11. The van der Waals surface area contributed by atoms with E-state index in [-0.39, 0.29) is 5.97 Å². The van der Waals surface area contributed by atoms with Crippen molar-refractivity contribution >= 4 is 12.0 Å². The van der Waals surface area contributed by atoms with Gasteiger partial charge in [0.05, 0.1) is 6.42 Å². The highest BCUT2D eigenvalue weighted by molar-refractivity contribution is 5.72. The van der Waals surface area contributed by atoms with Crippen LogP contribution in [0, 0.1) is 0 Å². The lowest BCUT2D eigenvalue weighted by Gasteiger charge is -2.06. The molecule has 2 heteroatoms. The van der Waals surface area contributed by atoms with E-state index >= 15 is 0 Å². The molecule has 0 spiro atoms. The maximum absolute atomic E-state index is 11.7. The van der Waals surface area contributed by atoms with Crippen LogP contribution in [0.4, 0.5) is 0 Å². The Morgan fingerprint density at radius 3 is 2.53 bits per heavy atom. The lowest BCUT2D eigenvalue weighted by Crippen LogP contribution is -2.07. The maximum atomic E-state index is 11.7. The summed E-state index contributed by atoms with van der Waals surface area (Å²) < 4.78 is 5.26. The Morgan fingerprint density at radius 2 is 1.79 bits per heavy atom. The Balaban J connectivity index is 1.88. The number of esters is 1. The van der Waals surface area contributed by atoms with Crippen LogP contribution in [0.2, 0.25) is 0 Å². The van der Waals surface area contributed by atoms with Crippen LogP contribution in [0.1, 0.15) is 16.7 Å². The van der Waals surface area contributed by atoms with Crippen molar-refractivity contribution < 1.29 is 9.53 Å². The predicted molar refractivity (Wildman–Crippen MR) is 76.5 cm³/mol. The van der Waals surface area contributed by atoms with E-state index in [1.165, 1.54) is 0 Å². The average Bonchev–Trinajstić information content (AvgIpc) is 2.46. The predicted octanol–water partition coefficient (Wildman–Crippen LogP) is 3.62. The summed E-state index contributed by atoms with van der Waals surface area (Å²) in [5.41, 5.74) is 2.96. The molecule has 2 nitrogen and oxygen atoms in total. The Labute approximate surface area is 113 Å². The highest BCUT2D eigenvalue weighted by atomic mass is 16.5. The smallest absolute Gasteiger partial charge is 0.310 e. The van der Waals surface area contributed by atoms with E-state index in [1.807, 2.05) is 54.6 Å². The van der Waals surface area contributed by atoms with E-state index in [2.05, 4.69) is 6.58 Å². The van der Waals surface area contributed by atoms with E-state index in [9.17, 15) is 4.79 Å². The fraction of sp³-hybridized carbons (Fsp3) is 0.118. The summed E-state index contributed by atoms with van der Waals surface area (Å²) in [5, 5.41) is 0. The van der Waals surface area contributed by atoms with Gasteiger partial charge in [-0.25, -0.2) is 0 Å². The first kappa shape index (κ1) is 13.1. The zero-order chi connectivity index (χ0) is 13.5. The minimum Gasteiger partial charge on any atom is -0.461 e. The van der Waals surface area contributed by atoms with Gasteiger partial charge in [0.25, 0.3) is 0 Å². The normalized spacial score (nSPS) is 9.89.